The summed E-state index contributed by atoms with van der Waals surface area (Å²) < 4.78 is 5.44. The Labute approximate surface area is 114 Å². The van der Waals surface area contributed by atoms with Crippen LogP contribution in [0.1, 0.15) is 39.0 Å². The number of anilines is 2. The molecule has 4 N–H and O–H groups in total. The van der Waals surface area contributed by atoms with E-state index in [-0.39, 0.29) is 6.61 Å². The molecule has 1 aromatic rings. The van der Waals surface area contributed by atoms with E-state index in [1.165, 1.54) is 6.33 Å². The van der Waals surface area contributed by atoms with Crippen molar-refractivity contribution >= 4 is 11.5 Å². The molecule has 0 aromatic carbocycles. The molecule has 0 radical (unpaired) electrons. The lowest BCUT2D eigenvalue weighted by Gasteiger charge is -2.11. The molecular formula is C13H24N4O2. The van der Waals surface area contributed by atoms with Gasteiger partial charge in [-0.25, -0.2) is 4.98 Å². The van der Waals surface area contributed by atoms with Crippen LogP contribution in [0.15, 0.2) is 6.33 Å². The topological polar surface area (TPSA) is 93.3 Å². The molecular weight excluding hydrogens is 244 g/mol. The molecule has 6 nitrogen and oxygen atoms in total. The van der Waals surface area contributed by atoms with Crippen molar-refractivity contribution in [2.24, 2.45) is 0 Å². The summed E-state index contributed by atoms with van der Waals surface area (Å²) in [5, 5.41) is 11.9. The van der Waals surface area contributed by atoms with Gasteiger partial charge in [-0.05, 0) is 19.3 Å². The Hall–Kier alpha value is -1.56. The van der Waals surface area contributed by atoms with Crippen molar-refractivity contribution in [1.29, 1.82) is 0 Å². The highest BCUT2D eigenvalue weighted by molar-refractivity contribution is 5.66. The molecule has 1 aromatic heterocycles. The fourth-order valence-corrected chi connectivity index (χ4v) is 1.63. The Morgan fingerprint density at radius 1 is 1.26 bits per heavy atom. The van der Waals surface area contributed by atoms with Crippen LogP contribution in [0.25, 0.3) is 0 Å². The summed E-state index contributed by atoms with van der Waals surface area (Å²) in [6.07, 6.45) is 6.38. The van der Waals surface area contributed by atoms with Crippen molar-refractivity contribution < 1.29 is 9.84 Å². The van der Waals surface area contributed by atoms with Crippen LogP contribution in [-0.2, 0) is 0 Å². The van der Waals surface area contributed by atoms with E-state index in [1.807, 2.05) is 6.92 Å². The van der Waals surface area contributed by atoms with Gasteiger partial charge in [0.25, 0.3) is 0 Å². The largest absolute Gasteiger partial charge is 0.476 e. The average Bonchev–Trinajstić information content (AvgIpc) is 2.43. The van der Waals surface area contributed by atoms with Crippen LogP contribution >= 0.6 is 0 Å². The molecule has 0 aliphatic rings. The molecule has 0 amide bonds. The van der Waals surface area contributed by atoms with Gasteiger partial charge in [0.2, 0.25) is 5.88 Å². The van der Waals surface area contributed by atoms with E-state index in [4.69, 9.17) is 15.6 Å². The molecule has 108 valence electrons. The van der Waals surface area contributed by atoms with Gasteiger partial charge in [0.1, 0.15) is 12.0 Å². The minimum absolute atomic E-state index is 0.268. The first-order valence-corrected chi connectivity index (χ1v) is 6.87. The first kappa shape index (κ1) is 15.5. The Bertz CT molecular complexity index is 360. The summed E-state index contributed by atoms with van der Waals surface area (Å²) in [4.78, 5) is 8.13. The first-order valence-electron chi connectivity index (χ1n) is 6.87. The number of hydrogen-bond donors (Lipinski definition) is 3. The third kappa shape index (κ3) is 5.74. The molecule has 0 saturated carbocycles. The molecule has 1 heterocycles. The summed E-state index contributed by atoms with van der Waals surface area (Å²) in [5.41, 5.74) is 6.41. The Morgan fingerprint density at radius 2 is 2.05 bits per heavy atom. The minimum Gasteiger partial charge on any atom is -0.476 e. The van der Waals surface area contributed by atoms with Crippen LogP contribution in [0.2, 0.25) is 0 Å². The Balaban J connectivity index is 2.36. The van der Waals surface area contributed by atoms with Gasteiger partial charge in [-0.1, -0.05) is 19.8 Å². The van der Waals surface area contributed by atoms with E-state index in [0.717, 1.165) is 38.6 Å². The monoisotopic (exact) mass is 268 g/mol. The van der Waals surface area contributed by atoms with Gasteiger partial charge in [0.15, 0.2) is 5.82 Å². The lowest BCUT2D eigenvalue weighted by atomic mass is 10.2. The molecule has 0 aliphatic carbocycles. The summed E-state index contributed by atoms with van der Waals surface area (Å²) in [7, 11) is 0. The van der Waals surface area contributed by atoms with Crippen molar-refractivity contribution in [1.82, 2.24) is 9.97 Å². The highest BCUT2D eigenvalue weighted by atomic mass is 16.5. The third-order valence-electron chi connectivity index (χ3n) is 2.67. The molecule has 0 fully saturated rings. The van der Waals surface area contributed by atoms with Crippen molar-refractivity contribution in [3.8, 4) is 5.88 Å². The second-order valence-corrected chi connectivity index (χ2v) is 4.35. The summed E-state index contributed by atoms with van der Waals surface area (Å²) >= 11 is 0. The zero-order valence-corrected chi connectivity index (χ0v) is 11.6. The normalized spacial score (nSPS) is 10.4. The first-order chi connectivity index (χ1) is 9.29. The van der Waals surface area contributed by atoms with Gasteiger partial charge in [-0.3, -0.25) is 0 Å². The molecule has 6 heteroatoms. The van der Waals surface area contributed by atoms with Crippen LogP contribution in [0.3, 0.4) is 0 Å². The number of hydrogen-bond acceptors (Lipinski definition) is 6. The predicted octanol–water partition coefficient (Wildman–Crippen LogP) is 1.81. The second-order valence-electron chi connectivity index (χ2n) is 4.35. The zero-order valence-electron chi connectivity index (χ0n) is 11.6. The van der Waals surface area contributed by atoms with Crippen LogP contribution in [0, 0.1) is 0 Å². The number of unbranched alkanes of at least 4 members (excludes halogenated alkanes) is 3. The summed E-state index contributed by atoms with van der Waals surface area (Å²) in [6.45, 7) is 3.70. The van der Waals surface area contributed by atoms with E-state index in [9.17, 15) is 0 Å². The van der Waals surface area contributed by atoms with Crippen LogP contribution in [0.5, 0.6) is 5.88 Å². The van der Waals surface area contributed by atoms with E-state index in [1.54, 1.807) is 0 Å². The van der Waals surface area contributed by atoms with Gasteiger partial charge < -0.3 is 20.9 Å². The third-order valence-corrected chi connectivity index (χ3v) is 2.67. The van der Waals surface area contributed by atoms with Crippen LogP contribution in [-0.4, -0.2) is 34.8 Å². The zero-order chi connectivity index (χ0) is 13.9. The smallest absolute Gasteiger partial charge is 0.242 e. The number of nitrogens with two attached hydrogens (primary N) is 1. The standard InChI is InChI=1S/C13H24N4O2/c1-2-9-19-13-11(14)12(16-10-17-13)15-7-5-3-4-6-8-18/h10,18H,2-9,14H2,1H3,(H,15,16,17). The summed E-state index contributed by atoms with van der Waals surface area (Å²) in [5.74, 6) is 1.07. The maximum absolute atomic E-state index is 8.68. The van der Waals surface area contributed by atoms with Gasteiger partial charge in [0.05, 0.1) is 6.61 Å². The fourth-order valence-electron chi connectivity index (χ4n) is 1.63. The SMILES string of the molecule is CCCOc1ncnc(NCCCCCCO)c1N. The van der Waals surface area contributed by atoms with Gasteiger partial charge in [-0.15, -0.1) is 0 Å². The Morgan fingerprint density at radius 3 is 2.79 bits per heavy atom. The molecule has 1 rings (SSSR count). The highest BCUT2D eigenvalue weighted by Crippen LogP contribution is 2.24. The molecule has 0 atom stereocenters. The molecule has 0 spiro atoms. The quantitative estimate of drug-likeness (QED) is 0.560. The van der Waals surface area contributed by atoms with Crippen molar-refractivity contribution in [3.05, 3.63) is 6.33 Å². The summed E-state index contributed by atoms with van der Waals surface area (Å²) in [6, 6.07) is 0. The van der Waals surface area contributed by atoms with E-state index in [2.05, 4.69) is 15.3 Å². The number of rotatable bonds is 10. The number of nitrogens with one attached hydrogen (secondary N) is 1. The highest BCUT2D eigenvalue weighted by Gasteiger charge is 2.08. The molecule has 0 bridgehead atoms. The van der Waals surface area contributed by atoms with E-state index in [0.29, 0.717) is 24.0 Å². The van der Waals surface area contributed by atoms with Gasteiger partial charge in [-0.2, -0.15) is 4.98 Å². The number of ether oxygens (including phenoxy) is 1. The van der Waals surface area contributed by atoms with Gasteiger partial charge in [0, 0.05) is 13.2 Å². The van der Waals surface area contributed by atoms with E-state index >= 15 is 0 Å². The molecule has 0 saturated heterocycles. The van der Waals surface area contributed by atoms with Crippen LogP contribution < -0.4 is 15.8 Å². The molecule has 19 heavy (non-hydrogen) atoms. The Kier molecular flexibility index (Phi) is 7.65. The fraction of sp³-hybridized carbons (Fsp3) is 0.692. The average molecular weight is 268 g/mol. The van der Waals surface area contributed by atoms with Gasteiger partial charge >= 0.3 is 0 Å². The molecule has 0 unspecified atom stereocenters. The maximum Gasteiger partial charge on any atom is 0.242 e. The molecule has 0 aliphatic heterocycles. The van der Waals surface area contributed by atoms with Crippen molar-refractivity contribution in [3.63, 3.8) is 0 Å². The lowest BCUT2D eigenvalue weighted by molar-refractivity contribution is 0.283. The number of aromatic nitrogens is 2. The number of nitrogens with zero attached hydrogens (tertiary/aromatic N) is 2. The lowest BCUT2D eigenvalue weighted by Crippen LogP contribution is -2.09. The minimum atomic E-state index is 0.268. The number of aliphatic hydroxyl groups excluding tert-OH is 1. The van der Waals surface area contributed by atoms with Crippen LogP contribution in [0.4, 0.5) is 11.5 Å². The maximum atomic E-state index is 8.68. The van der Waals surface area contributed by atoms with E-state index < -0.39 is 0 Å². The second kappa shape index (κ2) is 9.38. The van der Waals surface area contributed by atoms with Crippen molar-refractivity contribution in [2.45, 2.75) is 39.0 Å². The predicted molar refractivity (Wildman–Crippen MR) is 76.3 cm³/mol. The number of nitrogen functional groups attached to an aromatic ring is 1. The van der Waals surface area contributed by atoms with Crippen molar-refractivity contribution in [2.75, 3.05) is 30.8 Å². The number of aliphatic hydroxyl groups is 1.